The predicted molar refractivity (Wildman–Crippen MR) is 149 cm³/mol. The van der Waals surface area contributed by atoms with Crippen LogP contribution in [-0.4, -0.2) is 60.5 Å². The van der Waals surface area contributed by atoms with Crippen LogP contribution in [0.1, 0.15) is 41.4 Å². The van der Waals surface area contributed by atoms with E-state index in [1.165, 1.54) is 22.9 Å². The van der Waals surface area contributed by atoms with Crippen LogP contribution in [0.15, 0.2) is 53.5 Å². The first-order chi connectivity index (χ1) is 19.0. The van der Waals surface area contributed by atoms with Crippen molar-refractivity contribution in [2.75, 3.05) is 0 Å². The highest BCUT2D eigenvalue weighted by Crippen LogP contribution is 2.50. The number of hydrogen-bond donors (Lipinski definition) is 3. The molecule has 2 saturated heterocycles. The molecule has 0 saturated carbocycles. The van der Waals surface area contributed by atoms with Crippen LogP contribution in [0.3, 0.4) is 0 Å². The third-order valence-electron chi connectivity index (χ3n) is 7.72. The maximum absolute atomic E-state index is 13.6. The molecule has 12 heteroatoms. The lowest BCUT2D eigenvalue weighted by Crippen LogP contribution is -2.71. The zero-order chi connectivity index (χ0) is 28.5. The van der Waals surface area contributed by atoms with E-state index in [1.54, 1.807) is 50.2 Å². The molecule has 4 atom stereocenters. The second-order valence-electron chi connectivity index (χ2n) is 10.7. The minimum Gasteiger partial charge on any atom is -0.480 e. The van der Waals surface area contributed by atoms with E-state index in [-0.39, 0.29) is 5.56 Å². The molecule has 3 amide bonds. The molecule has 40 heavy (non-hydrogen) atoms. The Morgan fingerprint density at radius 3 is 2.58 bits per heavy atom. The molecule has 0 spiro atoms. The predicted octanol–water partition coefficient (Wildman–Crippen LogP) is 2.31. The van der Waals surface area contributed by atoms with Gasteiger partial charge in [0.05, 0.1) is 5.52 Å². The third-order valence-corrected chi connectivity index (χ3v) is 9.51. The van der Waals surface area contributed by atoms with Gasteiger partial charge >= 0.3 is 5.97 Å². The summed E-state index contributed by atoms with van der Waals surface area (Å²) in [7, 11) is 0. The summed E-state index contributed by atoms with van der Waals surface area (Å²) in [6, 6.07) is 8.67. The zero-order valence-corrected chi connectivity index (χ0v) is 23.1. The second kappa shape index (κ2) is 9.38. The number of thioether (sulfide) groups is 1. The quantitative estimate of drug-likeness (QED) is 0.380. The van der Waals surface area contributed by atoms with Crippen molar-refractivity contribution < 1.29 is 24.3 Å². The monoisotopic (exact) mass is 580 g/mol. The topological polar surface area (TPSA) is 138 Å². The van der Waals surface area contributed by atoms with Gasteiger partial charge in [-0.3, -0.25) is 19.2 Å². The van der Waals surface area contributed by atoms with Crippen LogP contribution >= 0.6 is 23.4 Å². The van der Waals surface area contributed by atoms with Crippen molar-refractivity contribution in [1.29, 1.82) is 0 Å². The molecule has 3 N–H and O–H groups in total. The van der Waals surface area contributed by atoms with Gasteiger partial charge in [-0.15, -0.1) is 11.8 Å². The van der Waals surface area contributed by atoms with Crippen molar-refractivity contribution in [3.8, 4) is 0 Å². The standard InChI is InChI=1S/C28H25ClN4O6S/c1-28(2)22(27(38)39)33-25(37)19(26(33)40-28)31-24(36)18(13-6-4-3-5-7-13)30-23(35)17-12-32-9-8-14-10-15(29)11-16(20(14)32)21(17)34/h3-7,10-12,18-19,22,26H,8-9H2,1-2H3,(H,30,35)(H,31,36)(H,38,39). The Labute approximate surface area is 237 Å². The van der Waals surface area contributed by atoms with Crippen molar-refractivity contribution in [3.05, 3.63) is 80.6 Å². The molecule has 3 aliphatic heterocycles. The number of aromatic nitrogens is 1. The molecule has 2 aromatic carbocycles. The number of carboxylic acids is 1. The lowest BCUT2D eigenvalue weighted by Gasteiger charge is -2.44. The molecule has 10 nitrogen and oxygen atoms in total. The van der Waals surface area contributed by atoms with E-state index in [0.29, 0.717) is 28.9 Å². The van der Waals surface area contributed by atoms with Crippen LogP contribution in [0.2, 0.25) is 5.02 Å². The molecule has 206 valence electrons. The smallest absolute Gasteiger partial charge is 0.327 e. The Bertz CT molecular complexity index is 1670. The summed E-state index contributed by atoms with van der Waals surface area (Å²) in [5, 5.41) is 15.3. The summed E-state index contributed by atoms with van der Waals surface area (Å²) in [6.07, 6.45) is 2.18. The number of amides is 3. The summed E-state index contributed by atoms with van der Waals surface area (Å²) in [6.45, 7) is 4.08. The average molecular weight is 581 g/mol. The van der Waals surface area contributed by atoms with Crippen LogP contribution in [0.5, 0.6) is 0 Å². The number of nitrogens with one attached hydrogen (secondary N) is 2. The molecular formula is C28H25ClN4O6S. The fourth-order valence-electron chi connectivity index (χ4n) is 5.90. The first-order valence-electron chi connectivity index (χ1n) is 12.7. The summed E-state index contributed by atoms with van der Waals surface area (Å²) < 4.78 is 1.09. The van der Waals surface area contributed by atoms with Gasteiger partial charge in [-0.05, 0) is 43.5 Å². The Balaban J connectivity index is 1.29. The summed E-state index contributed by atoms with van der Waals surface area (Å²) in [5.41, 5.74) is 1.52. The number of carbonyl (C=O) groups excluding carboxylic acids is 3. The van der Waals surface area contributed by atoms with Gasteiger partial charge in [0.1, 0.15) is 29.1 Å². The highest BCUT2D eigenvalue weighted by molar-refractivity contribution is 8.01. The number of aliphatic carboxylic acids is 1. The number of β-lactam (4-membered cyclic amide) rings is 1. The van der Waals surface area contributed by atoms with Gasteiger partial charge in [0, 0.05) is 27.9 Å². The van der Waals surface area contributed by atoms with E-state index in [4.69, 9.17) is 11.6 Å². The lowest BCUT2D eigenvalue weighted by molar-refractivity contribution is -0.161. The van der Waals surface area contributed by atoms with Gasteiger partial charge in [-0.2, -0.15) is 0 Å². The van der Waals surface area contributed by atoms with E-state index < -0.39 is 57.4 Å². The highest BCUT2D eigenvalue weighted by Gasteiger charge is 2.64. The van der Waals surface area contributed by atoms with Gasteiger partial charge in [0.25, 0.3) is 5.91 Å². The van der Waals surface area contributed by atoms with Crippen LogP contribution < -0.4 is 16.1 Å². The van der Waals surface area contributed by atoms with E-state index in [1.807, 2.05) is 10.6 Å². The molecule has 0 aliphatic carbocycles. The molecule has 0 bridgehead atoms. The Morgan fingerprint density at radius 2 is 1.88 bits per heavy atom. The molecule has 1 aromatic heterocycles. The lowest BCUT2D eigenvalue weighted by atomic mass is 9.95. The first kappa shape index (κ1) is 26.4. The molecule has 4 unspecified atom stereocenters. The van der Waals surface area contributed by atoms with E-state index in [2.05, 4.69) is 10.6 Å². The molecule has 6 rings (SSSR count). The maximum Gasteiger partial charge on any atom is 0.327 e. The van der Waals surface area contributed by atoms with Crippen molar-refractivity contribution in [2.45, 2.75) is 55.1 Å². The second-order valence-corrected chi connectivity index (χ2v) is 12.9. The Hall–Kier alpha value is -3.83. The number of pyridine rings is 1. The molecule has 2 fully saturated rings. The number of carbonyl (C=O) groups is 4. The maximum atomic E-state index is 13.6. The molecule has 3 aliphatic rings. The number of carboxylic acid groups (broad SMARTS) is 1. The van der Waals surface area contributed by atoms with Gasteiger partial charge in [0.2, 0.25) is 17.2 Å². The molecule has 4 heterocycles. The molecule has 3 aromatic rings. The number of nitrogens with zero attached hydrogens (tertiary/aromatic N) is 2. The van der Waals surface area contributed by atoms with Crippen LogP contribution in [0, 0.1) is 0 Å². The van der Waals surface area contributed by atoms with Gasteiger partial charge in [-0.1, -0.05) is 41.9 Å². The van der Waals surface area contributed by atoms with Gasteiger partial charge in [0.15, 0.2) is 0 Å². The van der Waals surface area contributed by atoms with Gasteiger partial charge in [-0.25, -0.2) is 4.79 Å². The van der Waals surface area contributed by atoms with Crippen LogP contribution in [0.25, 0.3) is 10.9 Å². The van der Waals surface area contributed by atoms with Crippen molar-refractivity contribution in [2.24, 2.45) is 0 Å². The summed E-state index contributed by atoms with van der Waals surface area (Å²) in [5.74, 6) is -2.99. The Morgan fingerprint density at radius 1 is 1.15 bits per heavy atom. The summed E-state index contributed by atoms with van der Waals surface area (Å²) in [4.78, 5) is 66.5. The van der Waals surface area contributed by atoms with Crippen molar-refractivity contribution in [3.63, 3.8) is 0 Å². The molecular weight excluding hydrogens is 556 g/mol. The SMILES string of the molecule is CC1(C)SC2C(NC(=O)C(NC(=O)c3cn4c5c(cc(Cl)cc5c3=O)CC4)c3ccccc3)C(=O)N2C1C(=O)O. The Kier molecular flexibility index (Phi) is 6.19. The normalized spacial score (nSPS) is 22.9. The number of halogens is 1. The number of fused-ring (bicyclic) bond motifs is 1. The fraction of sp³-hybridized carbons (Fsp3) is 0.321. The van der Waals surface area contributed by atoms with Crippen LogP contribution in [-0.2, 0) is 27.3 Å². The minimum atomic E-state index is -1.21. The number of aryl methyl sites for hydroxylation is 2. The third kappa shape index (κ3) is 4.06. The van der Waals surface area contributed by atoms with E-state index in [9.17, 15) is 29.1 Å². The average Bonchev–Trinajstić information content (AvgIpc) is 3.43. The largest absolute Gasteiger partial charge is 0.480 e. The number of benzene rings is 2. The van der Waals surface area contributed by atoms with Crippen LogP contribution in [0.4, 0.5) is 0 Å². The minimum absolute atomic E-state index is 0.125. The van der Waals surface area contributed by atoms with Crippen molar-refractivity contribution in [1.82, 2.24) is 20.1 Å². The van der Waals surface area contributed by atoms with Crippen molar-refractivity contribution >= 4 is 58.0 Å². The first-order valence-corrected chi connectivity index (χ1v) is 14.0. The number of rotatable bonds is 6. The highest BCUT2D eigenvalue weighted by atomic mass is 35.5. The van der Waals surface area contributed by atoms with E-state index >= 15 is 0 Å². The number of hydrogen-bond acceptors (Lipinski definition) is 6. The summed E-state index contributed by atoms with van der Waals surface area (Å²) >= 11 is 7.54. The van der Waals surface area contributed by atoms with Gasteiger partial charge < -0.3 is 25.2 Å². The zero-order valence-electron chi connectivity index (χ0n) is 21.5. The van der Waals surface area contributed by atoms with E-state index in [0.717, 1.165) is 11.1 Å². The fourth-order valence-corrected chi connectivity index (χ4v) is 7.76. The molecule has 0 radical (unpaired) electrons.